The highest BCUT2D eigenvalue weighted by atomic mass is 32.2. The summed E-state index contributed by atoms with van der Waals surface area (Å²) < 4.78 is 33.0. The predicted octanol–water partition coefficient (Wildman–Crippen LogP) is 4.15. The molecule has 8 rings (SSSR count). The van der Waals surface area contributed by atoms with Gasteiger partial charge in [0.25, 0.3) is 0 Å². The summed E-state index contributed by atoms with van der Waals surface area (Å²) in [5.74, 6) is 2.92. The predicted molar refractivity (Wildman–Crippen MR) is 149 cm³/mol. The van der Waals surface area contributed by atoms with Crippen molar-refractivity contribution in [2.24, 2.45) is 17.8 Å². The van der Waals surface area contributed by atoms with Gasteiger partial charge in [0.05, 0.1) is 35.4 Å². The molecule has 2 heterocycles. The summed E-state index contributed by atoms with van der Waals surface area (Å²) in [7, 11) is -3.38. The number of sulfone groups is 1. The lowest BCUT2D eigenvalue weighted by atomic mass is 9.81. The number of hydrogen-bond acceptors (Lipinski definition) is 7. The Hall–Kier alpha value is -2.72. The van der Waals surface area contributed by atoms with Gasteiger partial charge in [-0.05, 0) is 93.9 Å². The van der Waals surface area contributed by atoms with E-state index in [-0.39, 0.29) is 23.9 Å². The van der Waals surface area contributed by atoms with Gasteiger partial charge in [0.1, 0.15) is 5.82 Å². The Morgan fingerprint density at radius 3 is 2.51 bits per heavy atom. The van der Waals surface area contributed by atoms with E-state index < -0.39 is 14.6 Å². The standard InChI is InChI=1S/C29H37N5O4S/c1-18-16-38-9-8-34(18)26-12-25(17-39(36,37)29-13-19-10-21(14-29)22(11-19)15-29)30-27(33-26)20-2-4-23(5-3-20)31-28(35)32-24-6-7-24/h2-5,12,18-19,21-22,24H,6-11,13-17H2,1H3,(H2,31,32,35)/t18-,19?,21?,22?,29?/m0/s1. The van der Waals surface area contributed by atoms with Crippen molar-refractivity contribution in [2.75, 3.05) is 30.0 Å². The van der Waals surface area contributed by atoms with E-state index >= 15 is 0 Å². The first kappa shape index (κ1) is 25.3. The van der Waals surface area contributed by atoms with Crippen molar-refractivity contribution in [3.8, 4) is 11.4 Å². The van der Waals surface area contributed by atoms with E-state index in [9.17, 15) is 13.2 Å². The van der Waals surface area contributed by atoms with E-state index in [0.717, 1.165) is 43.5 Å². The lowest BCUT2D eigenvalue weighted by molar-refractivity contribution is 0.0985. The van der Waals surface area contributed by atoms with Crippen LogP contribution in [0.5, 0.6) is 0 Å². The third-order valence-corrected chi connectivity index (χ3v) is 12.1. The molecule has 2 unspecified atom stereocenters. The smallest absolute Gasteiger partial charge is 0.319 e. The number of benzene rings is 1. The Kier molecular flexibility index (Phi) is 6.11. The number of ether oxygens (including phenoxy) is 1. The van der Waals surface area contributed by atoms with Crippen LogP contribution in [0.3, 0.4) is 0 Å². The molecule has 208 valence electrons. The van der Waals surface area contributed by atoms with Gasteiger partial charge in [-0.25, -0.2) is 23.2 Å². The fourth-order valence-corrected chi connectivity index (χ4v) is 9.92. The first-order valence-corrected chi connectivity index (χ1v) is 16.0. The lowest BCUT2D eigenvalue weighted by Crippen LogP contribution is -2.44. The summed E-state index contributed by atoms with van der Waals surface area (Å²) in [5, 5.41) is 5.79. The molecule has 2 N–H and O–H groups in total. The Labute approximate surface area is 230 Å². The number of nitrogens with zero attached hydrogens (tertiary/aromatic N) is 3. The molecule has 6 fully saturated rings. The Bertz CT molecular complexity index is 1360. The van der Waals surface area contributed by atoms with Crippen LogP contribution in [0.1, 0.15) is 57.6 Å². The molecule has 5 aliphatic carbocycles. The van der Waals surface area contributed by atoms with E-state index in [2.05, 4.69) is 22.5 Å². The molecule has 9 nitrogen and oxygen atoms in total. The number of morpholine rings is 1. The monoisotopic (exact) mass is 551 g/mol. The maximum atomic E-state index is 14.0. The van der Waals surface area contributed by atoms with Gasteiger partial charge in [-0.2, -0.15) is 0 Å². The number of aromatic nitrogens is 2. The van der Waals surface area contributed by atoms with E-state index in [1.165, 1.54) is 12.8 Å². The average Bonchev–Trinajstić information content (AvgIpc) is 3.62. The maximum Gasteiger partial charge on any atom is 0.319 e. The zero-order chi connectivity index (χ0) is 26.8. The summed E-state index contributed by atoms with van der Waals surface area (Å²) in [6, 6.07) is 9.49. The zero-order valence-corrected chi connectivity index (χ0v) is 23.3. The highest BCUT2D eigenvalue weighted by Gasteiger charge is 2.61. The molecule has 10 heteroatoms. The number of amides is 2. The van der Waals surface area contributed by atoms with Crippen molar-refractivity contribution in [2.45, 2.75) is 74.5 Å². The van der Waals surface area contributed by atoms with Gasteiger partial charge in [-0.1, -0.05) is 0 Å². The molecular weight excluding hydrogens is 514 g/mol. The van der Waals surface area contributed by atoms with E-state index in [1.807, 2.05) is 30.3 Å². The van der Waals surface area contributed by atoms with Crippen molar-refractivity contribution in [3.63, 3.8) is 0 Å². The number of carbonyl (C=O) groups is 1. The number of nitrogens with one attached hydrogen (secondary N) is 2. The van der Waals surface area contributed by atoms with E-state index in [4.69, 9.17) is 14.7 Å². The number of carbonyl (C=O) groups excluding carboxylic acids is 1. The number of anilines is 2. The minimum Gasteiger partial charge on any atom is -0.377 e. The molecule has 0 radical (unpaired) electrons. The van der Waals surface area contributed by atoms with Gasteiger partial charge in [-0.15, -0.1) is 0 Å². The Balaban J connectivity index is 1.18. The molecule has 2 amide bonds. The molecule has 1 aromatic heterocycles. The minimum absolute atomic E-state index is 0.0542. The van der Waals surface area contributed by atoms with Crippen molar-refractivity contribution in [1.82, 2.24) is 15.3 Å². The summed E-state index contributed by atoms with van der Waals surface area (Å²) in [6.07, 6.45) is 6.95. The molecule has 39 heavy (non-hydrogen) atoms. The van der Waals surface area contributed by atoms with Crippen LogP contribution in [-0.2, 0) is 20.3 Å². The SMILES string of the molecule is C[C@H]1COCCN1c1cc(CS(=O)(=O)C23CC4CC(C2)C(C4)C3)nc(-c2ccc(NC(=O)NC3CC3)cc2)n1. The molecule has 1 aliphatic heterocycles. The third kappa shape index (κ3) is 4.79. The van der Waals surface area contributed by atoms with Gasteiger partial charge in [-0.3, -0.25) is 0 Å². The van der Waals surface area contributed by atoms with Crippen LogP contribution in [0.25, 0.3) is 11.4 Å². The van der Waals surface area contributed by atoms with Crippen molar-refractivity contribution in [3.05, 3.63) is 36.0 Å². The van der Waals surface area contributed by atoms with Gasteiger partial charge in [0.15, 0.2) is 15.7 Å². The van der Waals surface area contributed by atoms with Crippen LogP contribution in [0, 0.1) is 17.8 Å². The number of urea groups is 1. The van der Waals surface area contributed by atoms with Crippen molar-refractivity contribution < 1.29 is 17.9 Å². The molecule has 1 aromatic carbocycles. The van der Waals surface area contributed by atoms with Crippen LogP contribution in [-0.4, -0.2) is 61.0 Å². The minimum atomic E-state index is -3.38. The summed E-state index contributed by atoms with van der Waals surface area (Å²) >= 11 is 0. The first-order valence-electron chi connectivity index (χ1n) is 14.4. The molecule has 6 aliphatic rings. The van der Waals surface area contributed by atoms with E-state index in [1.54, 1.807) is 0 Å². The molecule has 3 atom stereocenters. The second kappa shape index (κ2) is 9.44. The summed E-state index contributed by atoms with van der Waals surface area (Å²) in [6.45, 7) is 3.99. The number of hydrogen-bond donors (Lipinski definition) is 2. The maximum absolute atomic E-state index is 14.0. The van der Waals surface area contributed by atoms with Gasteiger partial charge in [0.2, 0.25) is 0 Å². The highest BCUT2D eigenvalue weighted by molar-refractivity contribution is 7.92. The van der Waals surface area contributed by atoms with Crippen LogP contribution < -0.4 is 15.5 Å². The fraction of sp³-hybridized carbons (Fsp3) is 0.621. The molecule has 5 saturated carbocycles. The second-order valence-electron chi connectivity index (χ2n) is 12.5. The van der Waals surface area contributed by atoms with Gasteiger partial charge >= 0.3 is 6.03 Å². The van der Waals surface area contributed by atoms with Crippen LogP contribution >= 0.6 is 0 Å². The molecule has 2 aromatic rings. The third-order valence-electron chi connectivity index (χ3n) is 9.61. The summed E-state index contributed by atoms with van der Waals surface area (Å²) in [4.78, 5) is 24.0. The quantitative estimate of drug-likeness (QED) is 0.532. The summed E-state index contributed by atoms with van der Waals surface area (Å²) in [5.41, 5.74) is 2.02. The first-order chi connectivity index (χ1) is 18.8. The lowest BCUT2D eigenvalue weighted by Gasteiger charge is -2.38. The zero-order valence-electron chi connectivity index (χ0n) is 22.4. The molecular formula is C29H37N5O4S. The van der Waals surface area contributed by atoms with Gasteiger partial charge < -0.3 is 20.3 Å². The van der Waals surface area contributed by atoms with E-state index in [0.29, 0.717) is 54.7 Å². The van der Waals surface area contributed by atoms with Crippen molar-refractivity contribution >= 4 is 27.4 Å². The van der Waals surface area contributed by atoms with Crippen LogP contribution in [0.15, 0.2) is 30.3 Å². The topological polar surface area (TPSA) is 114 Å². The van der Waals surface area contributed by atoms with Crippen LogP contribution in [0.2, 0.25) is 0 Å². The Morgan fingerprint density at radius 2 is 1.85 bits per heavy atom. The second-order valence-corrected chi connectivity index (χ2v) is 14.9. The fourth-order valence-electron chi connectivity index (χ4n) is 7.65. The average molecular weight is 552 g/mol. The number of rotatable bonds is 7. The van der Waals surface area contributed by atoms with Gasteiger partial charge in [0, 0.05) is 29.9 Å². The molecule has 0 spiro atoms. The van der Waals surface area contributed by atoms with Crippen LogP contribution in [0.4, 0.5) is 16.3 Å². The Morgan fingerprint density at radius 1 is 1.10 bits per heavy atom. The highest BCUT2D eigenvalue weighted by Crippen LogP contribution is 2.63. The molecule has 4 bridgehead atoms. The molecule has 1 saturated heterocycles. The van der Waals surface area contributed by atoms with Crippen molar-refractivity contribution in [1.29, 1.82) is 0 Å². The normalized spacial score (nSPS) is 31.5. The largest absolute Gasteiger partial charge is 0.377 e.